The Bertz CT molecular complexity index is 563. The number of hydrogen-bond donors (Lipinski definition) is 1. The third-order valence-corrected chi connectivity index (χ3v) is 4.22. The molecule has 0 saturated heterocycles. The van der Waals surface area contributed by atoms with E-state index in [4.69, 9.17) is 9.47 Å². The van der Waals surface area contributed by atoms with Crippen LogP contribution in [-0.2, 0) is 13.0 Å². The van der Waals surface area contributed by atoms with Crippen LogP contribution in [0.1, 0.15) is 35.3 Å². The number of ether oxygens (including phenoxy) is 2. The molecule has 1 aromatic heterocycles. The predicted octanol–water partition coefficient (Wildman–Crippen LogP) is 3.39. The SMILES string of the molecule is COc1ccc(OCCc2nc(C(C)C)c(CO)s2)cc1. The first-order valence-electron chi connectivity index (χ1n) is 7.00. The van der Waals surface area contributed by atoms with Gasteiger partial charge in [-0.25, -0.2) is 4.98 Å². The predicted molar refractivity (Wildman–Crippen MR) is 84.3 cm³/mol. The minimum absolute atomic E-state index is 0.0600. The standard InChI is InChI=1S/C16H21NO3S/c1-11(2)16-14(10-18)21-15(17-16)8-9-20-13-6-4-12(19-3)5-7-13/h4-7,11,18H,8-10H2,1-3H3. The fourth-order valence-corrected chi connectivity index (χ4v) is 3.08. The van der Waals surface area contributed by atoms with Crippen molar-refractivity contribution < 1.29 is 14.6 Å². The molecule has 5 heteroatoms. The molecule has 0 unspecified atom stereocenters. The third kappa shape index (κ3) is 4.19. The third-order valence-electron chi connectivity index (χ3n) is 3.11. The fraction of sp³-hybridized carbons (Fsp3) is 0.438. The number of benzene rings is 1. The summed E-state index contributed by atoms with van der Waals surface area (Å²) in [5, 5.41) is 10.4. The summed E-state index contributed by atoms with van der Waals surface area (Å²) in [6.07, 6.45) is 0.746. The van der Waals surface area contributed by atoms with E-state index in [0.717, 1.165) is 33.5 Å². The van der Waals surface area contributed by atoms with E-state index in [9.17, 15) is 5.11 Å². The van der Waals surface area contributed by atoms with Gasteiger partial charge in [-0.3, -0.25) is 0 Å². The van der Waals surface area contributed by atoms with E-state index in [2.05, 4.69) is 18.8 Å². The zero-order valence-electron chi connectivity index (χ0n) is 12.6. The number of nitrogens with zero attached hydrogens (tertiary/aromatic N) is 1. The summed E-state index contributed by atoms with van der Waals surface area (Å²) in [5.74, 6) is 1.97. The summed E-state index contributed by atoms with van der Waals surface area (Å²) in [6.45, 7) is 4.81. The molecule has 21 heavy (non-hydrogen) atoms. The molecular formula is C16H21NO3S. The van der Waals surface area contributed by atoms with Gasteiger partial charge in [0.25, 0.3) is 0 Å². The molecule has 0 spiro atoms. The Kier molecular flexibility index (Phi) is 5.59. The van der Waals surface area contributed by atoms with E-state index in [1.165, 1.54) is 0 Å². The Hall–Kier alpha value is -1.59. The van der Waals surface area contributed by atoms with E-state index in [1.807, 2.05) is 24.3 Å². The van der Waals surface area contributed by atoms with Crippen LogP contribution in [0.25, 0.3) is 0 Å². The smallest absolute Gasteiger partial charge is 0.119 e. The Morgan fingerprint density at radius 1 is 1.19 bits per heavy atom. The van der Waals surface area contributed by atoms with Gasteiger partial charge in [-0.15, -0.1) is 11.3 Å². The lowest BCUT2D eigenvalue weighted by Crippen LogP contribution is -2.01. The first-order valence-corrected chi connectivity index (χ1v) is 7.82. The number of aliphatic hydroxyl groups excluding tert-OH is 1. The van der Waals surface area contributed by atoms with Gasteiger partial charge in [0.15, 0.2) is 0 Å². The maximum atomic E-state index is 9.36. The van der Waals surface area contributed by atoms with Crippen LogP contribution < -0.4 is 9.47 Å². The molecule has 0 atom stereocenters. The van der Waals surface area contributed by atoms with Crippen molar-refractivity contribution in [1.82, 2.24) is 4.98 Å². The maximum Gasteiger partial charge on any atom is 0.119 e. The highest BCUT2D eigenvalue weighted by molar-refractivity contribution is 7.11. The van der Waals surface area contributed by atoms with Crippen molar-refractivity contribution in [2.45, 2.75) is 32.8 Å². The summed E-state index contributed by atoms with van der Waals surface area (Å²) in [5.41, 5.74) is 1.00. The number of aromatic nitrogens is 1. The van der Waals surface area contributed by atoms with Gasteiger partial charge in [-0.1, -0.05) is 13.8 Å². The molecule has 1 aromatic carbocycles. The van der Waals surface area contributed by atoms with Gasteiger partial charge in [0, 0.05) is 6.42 Å². The average molecular weight is 307 g/mol. The second-order valence-electron chi connectivity index (χ2n) is 5.00. The van der Waals surface area contributed by atoms with Crippen LogP contribution in [0.4, 0.5) is 0 Å². The number of methoxy groups -OCH3 is 1. The van der Waals surface area contributed by atoms with Gasteiger partial charge in [-0.2, -0.15) is 0 Å². The molecule has 2 rings (SSSR count). The Morgan fingerprint density at radius 3 is 2.38 bits per heavy atom. The quantitative estimate of drug-likeness (QED) is 0.852. The molecule has 0 saturated carbocycles. The van der Waals surface area contributed by atoms with Crippen molar-refractivity contribution in [3.63, 3.8) is 0 Å². The molecule has 0 aliphatic carbocycles. The lowest BCUT2D eigenvalue weighted by atomic mass is 10.1. The lowest BCUT2D eigenvalue weighted by Gasteiger charge is -2.05. The minimum atomic E-state index is 0.0600. The summed E-state index contributed by atoms with van der Waals surface area (Å²) in [4.78, 5) is 5.56. The molecule has 0 aliphatic rings. The van der Waals surface area contributed by atoms with Crippen molar-refractivity contribution >= 4 is 11.3 Å². The number of aliphatic hydroxyl groups is 1. The fourth-order valence-electron chi connectivity index (χ4n) is 2.01. The molecular weight excluding hydrogens is 286 g/mol. The Balaban J connectivity index is 1.90. The highest BCUT2D eigenvalue weighted by Gasteiger charge is 2.13. The van der Waals surface area contributed by atoms with Crippen molar-refractivity contribution in [3.05, 3.63) is 39.8 Å². The largest absolute Gasteiger partial charge is 0.497 e. The number of thiazole rings is 1. The van der Waals surface area contributed by atoms with Crippen LogP contribution in [0.15, 0.2) is 24.3 Å². The van der Waals surface area contributed by atoms with E-state index in [-0.39, 0.29) is 6.61 Å². The zero-order valence-corrected chi connectivity index (χ0v) is 13.4. The van der Waals surface area contributed by atoms with Gasteiger partial charge in [0.1, 0.15) is 11.5 Å². The summed E-state index contributed by atoms with van der Waals surface area (Å²) < 4.78 is 10.8. The van der Waals surface area contributed by atoms with Gasteiger partial charge in [0.05, 0.1) is 35.9 Å². The van der Waals surface area contributed by atoms with Crippen molar-refractivity contribution in [3.8, 4) is 11.5 Å². The molecule has 4 nitrogen and oxygen atoms in total. The first kappa shape index (κ1) is 15.8. The van der Waals surface area contributed by atoms with Crippen molar-refractivity contribution in [2.24, 2.45) is 0 Å². The molecule has 0 aliphatic heterocycles. The van der Waals surface area contributed by atoms with E-state index < -0.39 is 0 Å². The van der Waals surface area contributed by atoms with Crippen LogP contribution in [0.2, 0.25) is 0 Å². The van der Waals surface area contributed by atoms with Crippen LogP contribution in [0.5, 0.6) is 11.5 Å². The van der Waals surface area contributed by atoms with Gasteiger partial charge in [-0.05, 0) is 30.2 Å². The van der Waals surface area contributed by atoms with Crippen molar-refractivity contribution in [1.29, 1.82) is 0 Å². The number of rotatable bonds is 7. The molecule has 0 fully saturated rings. The summed E-state index contributed by atoms with van der Waals surface area (Å²) >= 11 is 1.57. The summed E-state index contributed by atoms with van der Waals surface area (Å²) in [7, 11) is 1.64. The second-order valence-corrected chi connectivity index (χ2v) is 6.17. The zero-order chi connectivity index (χ0) is 15.2. The molecule has 1 N–H and O–H groups in total. The monoisotopic (exact) mass is 307 g/mol. The first-order chi connectivity index (χ1) is 10.1. The highest BCUT2D eigenvalue weighted by Crippen LogP contribution is 2.25. The van der Waals surface area contributed by atoms with Crippen LogP contribution in [0, 0.1) is 0 Å². The normalized spacial score (nSPS) is 10.9. The van der Waals surface area contributed by atoms with Crippen molar-refractivity contribution in [2.75, 3.05) is 13.7 Å². The topological polar surface area (TPSA) is 51.6 Å². The Morgan fingerprint density at radius 2 is 1.86 bits per heavy atom. The maximum absolute atomic E-state index is 9.36. The molecule has 114 valence electrons. The number of hydrogen-bond acceptors (Lipinski definition) is 5. The lowest BCUT2D eigenvalue weighted by molar-refractivity contribution is 0.283. The Labute approximate surface area is 129 Å². The molecule has 1 heterocycles. The molecule has 0 amide bonds. The molecule has 0 bridgehead atoms. The van der Waals surface area contributed by atoms with Crippen LogP contribution in [-0.4, -0.2) is 23.8 Å². The molecule has 0 radical (unpaired) electrons. The average Bonchev–Trinajstić information content (AvgIpc) is 2.91. The van der Waals surface area contributed by atoms with E-state index in [1.54, 1.807) is 18.4 Å². The highest BCUT2D eigenvalue weighted by atomic mass is 32.1. The van der Waals surface area contributed by atoms with E-state index >= 15 is 0 Å². The second kappa shape index (κ2) is 7.43. The van der Waals surface area contributed by atoms with Gasteiger partial charge < -0.3 is 14.6 Å². The summed E-state index contributed by atoms with van der Waals surface area (Å²) in [6, 6.07) is 7.53. The van der Waals surface area contributed by atoms with E-state index in [0.29, 0.717) is 12.5 Å². The minimum Gasteiger partial charge on any atom is -0.497 e. The van der Waals surface area contributed by atoms with Crippen LogP contribution in [0.3, 0.4) is 0 Å². The van der Waals surface area contributed by atoms with Gasteiger partial charge in [0.2, 0.25) is 0 Å². The van der Waals surface area contributed by atoms with Crippen LogP contribution >= 0.6 is 11.3 Å². The molecule has 2 aromatic rings. The van der Waals surface area contributed by atoms with Gasteiger partial charge >= 0.3 is 0 Å².